The van der Waals surface area contributed by atoms with Crippen LogP contribution in [0.4, 0.5) is 4.79 Å². The number of amides is 2. The summed E-state index contributed by atoms with van der Waals surface area (Å²) in [5.41, 5.74) is -0.916. The van der Waals surface area contributed by atoms with E-state index in [1.54, 1.807) is 0 Å². The van der Waals surface area contributed by atoms with Crippen molar-refractivity contribution < 1.29 is 14.3 Å². The second-order valence-corrected chi connectivity index (χ2v) is 9.03. The molecular formula is C19H36N2O3. The summed E-state index contributed by atoms with van der Waals surface area (Å²) in [7, 11) is 0. The summed E-state index contributed by atoms with van der Waals surface area (Å²) in [5.74, 6) is 1.46. The predicted octanol–water partition coefficient (Wildman–Crippen LogP) is 3.87. The van der Waals surface area contributed by atoms with Gasteiger partial charge in [0.2, 0.25) is 5.91 Å². The highest BCUT2D eigenvalue weighted by Crippen LogP contribution is 2.39. The molecular weight excluding hydrogens is 304 g/mol. The summed E-state index contributed by atoms with van der Waals surface area (Å²) in [6.07, 6.45) is 3.33. The van der Waals surface area contributed by atoms with E-state index in [0.717, 1.165) is 19.3 Å². The molecule has 1 aliphatic rings. The van der Waals surface area contributed by atoms with Crippen molar-refractivity contribution in [2.75, 3.05) is 6.54 Å². The molecule has 0 spiro atoms. The van der Waals surface area contributed by atoms with E-state index in [4.69, 9.17) is 4.74 Å². The summed E-state index contributed by atoms with van der Waals surface area (Å²) < 4.78 is 5.28. The van der Waals surface area contributed by atoms with Crippen LogP contribution in [0.1, 0.15) is 74.1 Å². The van der Waals surface area contributed by atoms with Crippen LogP contribution in [0.5, 0.6) is 0 Å². The summed E-state index contributed by atoms with van der Waals surface area (Å²) in [4.78, 5) is 24.3. The molecule has 140 valence electrons. The molecule has 2 atom stereocenters. The lowest BCUT2D eigenvalue weighted by Gasteiger charge is -2.32. The molecule has 2 amide bonds. The third-order valence-corrected chi connectivity index (χ3v) is 4.31. The maximum absolute atomic E-state index is 12.4. The lowest BCUT2D eigenvalue weighted by Crippen LogP contribution is -2.55. The number of rotatable bonds is 8. The number of carbonyl (C=O) groups excluding carboxylic acids is 2. The molecule has 0 aromatic heterocycles. The minimum Gasteiger partial charge on any atom is -0.444 e. The Balaban J connectivity index is 2.52. The molecule has 0 aliphatic heterocycles. The van der Waals surface area contributed by atoms with Crippen molar-refractivity contribution in [3.8, 4) is 0 Å². The molecule has 24 heavy (non-hydrogen) atoms. The molecule has 0 aromatic carbocycles. The van der Waals surface area contributed by atoms with E-state index in [2.05, 4.69) is 31.4 Å². The first kappa shape index (κ1) is 20.8. The van der Waals surface area contributed by atoms with Crippen molar-refractivity contribution >= 4 is 12.0 Å². The zero-order chi connectivity index (χ0) is 18.5. The van der Waals surface area contributed by atoms with Gasteiger partial charge in [-0.25, -0.2) is 4.79 Å². The Kier molecular flexibility index (Phi) is 7.11. The van der Waals surface area contributed by atoms with E-state index >= 15 is 0 Å². The second-order valence-electron chi connectivity index (χ2n) is 9.03. The van der Waals surface area contributed by atoms with E-state index < -0.39 is 17.2 Å². The number of alkyl carbamates (subject to hydrolysis) is 1. The van der Waals surface area contributed by atoms with Crippen molar-refractivity contribution in [3.63, 3.8) is 0 Å². The number of carbonyl (C=O) groups is 2. The first-order valence-electron chi connectivity index (χ1n) is 9.19. The lowest BCUT2D eigenvalue weighted by molar-refractivity contribution is -0.124. The van der Waals surface area contributed by atoms with Crippen molar-refractivity contribution in [2.24, 2.45) is 17.8 Å². The van der Waals surface area contributed by atoms with E-state index in [0.29, 0.717) is 30.7 Å². The molecule has 1 saturated carbocycles. The smallest absolute Gasteiger partial charge is 0.407 e. The Bertz CT molecular complexity index is 438. The van der Waals surface area contributed by atoms with Crippen LogP contribution in [-0.4, -0.2) is 29.7 Å². The van der Waals surface area contributed by atoms with Gasteiger partial charge < -0.3 is 15.4 Å². The molecule has 5 heteroatoms. The Morgan fingerprint density at radius 3 is 2.17 bits per heavy atom. The van der Waals surface area contributed by atoms with Gasteiger partial charge in [-0.3, -0.25) is 4.79 Å². The van der Waals surface area contributed by atoms with E-state index in [-0.39, 0.29) is 5.91 Å². The number of hydrogen-bond donors (Lipinski definition) is 2. The monoisotopic (exact) mass is 340 g/mol. The zero-order valence-electron chi connectivity index (χ0n) is 16.5. The number of hydrogen-bond acceptors (Lipinski definition) is 3. The van der Waals surface area contributed by atoms with Gasteiger partial charge in [-0.2, -0.15) is 0 Å². The van der Waals surface area contributed by atoms with Crippen LogP contribution >= 0.6 is 0 Å². The highest BCUT2D eigenvalue weighted by Gasteiger charge is 2.43. The first-order valence-corrected chi connectivity index (χ1v) is 9.19. The molecule has 1 rings (SSSR count). The van der Waals surface area contributed by atoms with Crippen molar-refractivity contribution in [2.45, 2.75) is 85.3 Å². The van der Waals surface area contributed by atoms with Gasteiger partial charge in [-0.15, -0.1) is 0 Å². The average Bonchev–Trinajstić information content (AvgIpc) is 3.17. The van der Waals surface area contributed by atoms with Crippen LogP contribution in [0.3, 0.4) is 0 Å². The Labute approximate surface area is 147 Å². The van der Waals surface area contributed by atoms with Gasteiger partial charge in [0.1, 0.15) is 5.60 Å². The molecule has 1 aliphatic carbocycles. The van der Waals surface area contributed by atoms with Crippen LogP contribution in [0.15, 0.2) is 0 Å². The topological polar surface area (TPSA) is 67.4 Å². The fourth-order valence-corrected chi connectivity index (χ4v) is 3.16. The Morgan fingerprint density at radius 1 is 1.12 bits per heavy atom. The summed E-state index contributed by atoms with van der Waals surface area (Å²) in [5, 5.41) is 5.98. The lowest BCUT2D eigenvalue weighted by atomic mass is 9.92. The third kappa shape index (κ3) is 8.02. The van der Waals surface area contributed by atoms with Crippen molar-refractivity contribution in [3.05, 3.63) is 0 Å². The van der Waals surface area contributed by atoms with E-state index in [1.165, 1.54) is 0 Å². The fraction of sp³-hybridized carbons (Fsp3) is 0.895. The van der Waals surface area contributed by atoms with Crippen molar-refractivity contribution in [1.82, 2.24) is 10.6 Å². The fourth-order valence-electron chi connectivity index (χ4n) is 3.16. The van der Waals surface area contributed by atoms with Gasteiger partial charge in [0, 0.05) is 13.0 Å². The van der Waals surface area contributed by atoms with E-state index in [1.807, 2.05) is 27.7 Å². The van der Waals surface area contributed by atoms with Gasteiger partial charge in [0.25, 0.3) is 0 Å². The SMILES string of the molecule is CC(C)CC(C)CC(=O)NC(C)(CNC(=O)OC(C)(C)C)C1CC1. The Hall–Kier alpha value is -1.26. The van der Waals surface area contributed by atoms with Gasteiger partial charge in [-0.05, 0) is 64.7 Å². The average molecular weight is 341 g/mol. The zero-order valence-corrected chi connectivity index (χ0v) is 16.5. The second kappa shape index (κ2) is 8.21. The standard InChI is InChI=1S/C19H36N2O3/c1-13(2)10-14(3)11-16(22)21-19(7,15-8-9-15)12-20-17(23)24-18(4,5)6/h13-15H,8-12H2,1-7H3,(H,20,23)(H,21,22). The maximum Gasteiger partial charge on any atom is 0.407 e. The normalized spacial score (nSPS) is 18.7. The van der Waals surface area contributed by atoms with Crippen molar-refractivity contribution in [1.29, 1.82) is 0 Å². The quantitative estimate of drug-likeness (QED) is 0.705. The maximum atomic E-state index is 12.4. The molecule has 2 N–H and O–H groups in total. The van der Waals surface area contributed by atoms with Crippen LogP contribution in [0.25, 0.3) is 0 Å². The third-order valence-electron chi connectivity index (χ3n) is 4.31. The largest absolute Gasteiger partial charge is 0.444 e. The highest BCUT2D eigenvalue weighted by molar-refractivity contribution is 5.77. The predicted molar refractivity (Wildman–Crippen MR) is 96.7 cm³/mol. The van der Waals surface area contributed by atoms with Gasteiger partial charge in [0.05, 0.1) is 5.54 Å². The van der Waals surface area contributed by atoms with Gasteiger partial charge in [0.15, 0.2) is 0 Å². The molecule has 0 radical (unpaired) electrons. The van der Waals surface area contributed by atoms with Gasteiger partial charge in [-0.1, -0.05) is 20.8 Å². The number of ether oxygens (including phenoxy) is 1. The summed E-state index contributed by atoms with van der Waals surface area (Å²) >= 11 is 0. The van der Waals surface area contributed by atoms with E-state index in [9.17, 15) is 9.59 Å². The molecule has 0 aromatic rings. The minimum absolute atomic E-state index is 0.0727. The molecule has 0 heterocycles. The van der Waals surface area contributed by atoms with Crippen LogP contribution < -0.4 is 10.6 Å². The summed E-state index contributed by atoms with van der Waals surface area (Å²) in [6.45, 7) is 14.4. The molecule has 0 bridgehead atoms. The summed E-state index contributed by atoms with van der Waals surface area (Å²) in [6, 6.07) is 0. The first-order chi connectivity index (χ1) is 10.9. The van der Waals surface area contributed by atoms with Gasteiger partial charge >= 0.3 is 6.09 Å². The van der Waals surface area contributed by atoms with Crippen LogP contribution in [-0.2, 0) is 9.53 Å². The molecule has 0 saturated heterocycles. The molecule has 1 fully saturated rings. The van der Waals surface area contributed by atoms with Crippen LogP contribution in [0.2, 0.25) is 0 Å². The number of nitrogens with one attached hydrogen (secondary N) is 2. The molecule has 2 unspecified atom stereocenters. The molecule has 5 nitrogen and oxygen atoms in total. The highest BCUT2D eigenvalue weighted by atomic mass is 16.6. The minimum atomic E-state index is -0.518. The Morgan fingerprint density at radius 2 is 1.71 bits per heavy atom. The van der Waals surface area contributed by atoms with Crippen LogP contribution in [0, 0.1) is 17.8 Å².